The third-order valence-corrected chi connectivity index (χ3v) is 8.71. The fourth-order valence-electron chi connectivity index (χ4n) is 4.67. The Hall–Kier alpha value is -2.89. The number of Topliss-reactive ketones (excluding diaryl/α,β-unsaturated/α-hetero) is 1. The Bertz CT molecular complexity index is 1470. The standard InChI is InChI=1S/C28H33N3O6S2/c1-17(2)10-19(32)13-23-16-30-28(38-23)24-12-18-11-22(36-21-4-5-26(29-15-21)39(3,33)34)14-25(27(18)31-24)37-20-6-8-35-9-7-20/h4-5,11-12,14-15,17,20,23,31H,6-10,13,16H2,1-3H3. The fraction of sp³-hybridized carbons (Fsp3) is 0.464. The van der Waals surface area contributed by atoms with Crippen molar-refractivity contribution in [3.05, 3.63) is 42.2 Å². The van der Waals surface area contributed by atoms with Crippen molar-refractivity contribution in [2.45, 2.75) is 55.9 Å². The van der Waals surface area contributed by atoms with Crippen molar-refractivity contribution in [1.82, 2.24) is 9.97 Å². The van der Waals surface area contributed by atoms with Gasteiger partial charge >= 0.3 is 0 Å². The molecule has 208 valence electrons. The van der Waals surface area contributed by atoms with E-state index >= 15 is 0 Å². The Morgan fingerprint density at radius 2 is 1.97 bits per heavy atom. The third kappa shape index (κ3) is 7.01. The van der Waals surface area contributed by atoms with Crippen LogP contribution in [0.4, 0.5) is 0 Å². The zero-order chi connectivity index (χ0) is 27.6. The molecule has 4 heterocycles. The van der Waals surface area contributed by atoms with Crippen LogP contribution in [0.1, 0.15) is 45.2 Å². The molecule has 1 atom stereocenters. The summed E-state index contributed by atoms with van der Waals surface area (Å²) in [4.78, 5) is 24.6. The zero-order valence-electron chi connectivity index (χ0n) is 22.3. The molecule has 0 bridgehead atoms. The maximum absolute atomic E-state index is 12.3. The summed E-state index contributed by atoms with van der Waals surface area (Å²) < 4.78 is 41.5. The second-order valence-electron chi connectivity index (χ2n) is 10.4. The number of pyridine rings is 1. The van der Waals surface area contributed by atoms with Crippen molar-refractivity contribution in [2.75, 3.05) is 26.0 Å². The van der Waals surface area contributed by atoms with Gasteiger partial charge in [-0.15, -0.1) is 0 Å². The van der Waals surface area contributed by atoms with Gasteiger partial charge in [0.1, 0.15) is 34.2 Å². The monoisotopic (exact) mass is 571 g/mol. The first-order valence-electron chi connectivity index (χ1n) is 13.1. The molecule has 0 amide bonds. The lowest BCUT2D eigenvalue weighted by Gasteiger charge is -2.24. The molecule has 3 aromatic rings. The number of ketones is 1. The van der Waals surface area contributed by atoms with Crippen LogP contribution in [0.2, 0.25) is 0 Å². The van der Waals surface area contributed by atoms with Gasteiger partial charge in [0.2, 0.25) is 0 Å². The van der Waals surface area contributed by atoms with E-state index in [1.54, 1.807) is 17.8 Å². The van der Waals surface area contributed by atoms with E-state index in [-0.39, 0.29) is 22.2 Å². The van der Waals surface area contributed by atoms with E-state index in [0.29, 0.717) is 55.8 Å². The number of H-pyrrole nitrogens is 1. The van der Waals surface area contributed by atoms with E-state index in [0.717, 1.165) is 40.7 Å². The molecule has 1 fully saturated rings. The molecule has 39 heavy (non-hydrogen) atoms. The van der Waals surface area contributed by atoms with E-state index in [1.807, 2.05) is 18.2 Å². The lowest BCUT2D eigenvalue weighted by molar-refractivity contribution is -0.119. The van der Waals surface area contributed by atoms with Gasteiger partial charge in [-0.3, -0.25) is 9.79 Å². The molecule has 9 nitrogen and oxygen atoms in total. The number of carbonyl (C=O) groups is 1. The van der Waals surface area contributed by atoms with Gasteiger partial charge in [-0.2, -0.15) is 0 Å². The predicted molar refractivity (Wildman–Crippen MR) is 152 cm³/mol. The molecule has 11 heteroatoms. The lowest BCUT2D eigenvalue weighted by atomic mass is 10.0. The molecule has 0 saturated carbocycles. The number of hydrogen-bond acceptors (Lipinski definition) is 9. The Kier molecular flexibility index (Phi) is 8.29. The predicted octanol–water partition coefficient (Wildman–Crippen LogP) is 5.18. The number of aliphatic imine (C=N–C) groups is 1. The first-order valence-corrected chi connectivity index (χ1v) is 15.9. The second kappa shape index (κ2) is 11.7. The van der Waals surface area contributed by atoms with E-state index in [1.165, 1.54) is 12.3 Å². The van der Waals surface area contributed by atoms with Crippen molar-refractivity contribution < 1.29 is 27.4 Å². The molecule has 0 spiro atoms. The van der Waals surface area contributed by atoms with E-state index in [2.05, 4.69) is 23.8 Å². The van der Waals surface area contributed by atoms with Crippen LogP contribution in [0.15, 0.2) is 46.5 Å². The number of hydrogen-bond donors (Lipinski definition) is 1. The van der Waals surface area contributed by atoms with Crippen LogP contribution < -0.4 is 9.47 Å². The number of thioether (sulfide) groups is 1. The van der Waals surface area contributed by atoms with Crippen LogP contribution in [0.3, 0.4) is 0 Å². The van der Waals surface area contributed by atoms with Crippen LogP contribution in [0.5, 0.6) is 17.2 Å². The number of sulfone groups is 1. The maximum Gasteiger partial charge on any atom is 0.192 e. The number of aromatic amines is 1. The molecule has 2 aliphatic rings. The Morgan fingerprint density at radius 1 is 1.18 bits per heavy atom. The van der Waals surface area contributed by atoms with Gasteiger partial charge in [0.05, 0.1) is 37.2 Å². The van der Waals surface area contributed by atoms with Gasteiger partial charge in [-0.05, 0) is 30.2 Å². The minimum absolute atomic E-state index is 0.0110. The largest absolute Gasteiger partial charge is 0.488 e. The van der Waals surface area contributed by atoms with Gasteiger partial charge in [0.15, 0.2) is 14.9 Å². The van der Waals surface area contributed by atoms with Crippen molar-refractivity contribution in [2.24, 2.45) is 10.9 Å². The topological polar surface area (TPSA) is 120 Å². The lowest BCUT2D eigenvalue weighted by Crippen LogP contribution is -2.25. The first-order chi connectivity index (χ1) is 18.6. The molecular formula is C28H33N3O6S2. The van der Waals surface area contributed by atoms with E-state index in [4.69, 9.17) is 19.2 Å². The summed E-state index contributed by atoms with van der Waals surface area (Å²) in [6.07, 6.45) is 5.25. The molecule has 1 unspecified atom stereocenters. The molecule has 2 aliphatic heterocycles. The van der Waals surface area contributed by atoms with Crippen molar-refractivity contribution in [1.29, 1.82) is 0 Å². The number of rotatable bonds is 10. The highest BCUT2D eigenvalue weighted by Gasteiger charge is 2.26. The van der Waals surface area contributed by atoms with Gasteiger partial charge in [0.25, 0.3) is 0 Å². The van der Waals surface area contributed by atoms with Crippen LogP contribution in [-0.4, -0.2) is 66.6 Å². The highest BCUT2D eigenvalue weighted by atomic mass is 32.2. The number of fused-ring (bicyclic) bond motifs is 1. The minimum Gasteiger partial charge on any atom is -0.488 e. The van der Waals surface area contributed by atoms with Crippen molar-refractivity contribution in [3.8, 4) is 17.2 Å². The van der Waals surface area contributed by atoms with Crippen LogP contribution in [-0.2, 0) is 19.4 Å². The number of nitrogens with zero attached hydrogens (tertiary/aromatic N) is 2. The zero-order valence-corrected chi connectivity index (χ0v) is 23.9. The number of benzene rings is 1. The highest BCUT2D eigenvalue weighted by molar-refractivity contribution is 8.15. The summed E-state index contributed by atoms with van der Waals surface area (Å²) in [6.45, 7) is 6.05. The highest BCUT2D eigenvalue weighted by Crippen LogP contribution is 2.37. The number of ether oxygens (including phenoxy) is 3. The minimum atomic E-state index is -3.40. The Morgan fingerprint density at radius 3 is 2.67 bits per heavy atom. The molecule has 0 aliphatic carbocycles. The summed E-state index contributed by atoms with van der Waals surface area (Å²) in [5.74, 6) is 2.26. The fourth-order valence-corrected chi connectivity index (χ4v) is 6.35. The second-order valence-corrected chi connectivity index (χ2v) is 13.7. The molecule has 5 rings (SSSR count). The first kappa shape index (κ1) is 27.7. The molecular weight excluding hydrogens is 538 g/mol. The quantitative estimate of drug-likeness (QED) is 0.353. The van der Waals surface area contributed by atoms with Gasteiger partial charge in [0, 0.05) is 48.6 Å². The van der Waals surface area contributed by atoms with Crippen molar-refractivity contribution >= 4 is 43.3 Å². The average Bonchev–Trinajstić information content (AvgIpc) is 3.51. The van der Waals surface area contributed by atoms with Crippen LogP contribution in [0.25, 0.3) is 10.9 Å². The summed E-state index contributed by atoms with van der Waals surface area (Å²) >= 11 is 1.64. The molecule has 0 radical (unpaired) electrons. The van der Waals surface area contributed by atoms with Crippen LogP contribution in [0, 0.1) is 5.92 Å². The van der Waals surface area contributed by atoms with Gasteiger partial charge in [-0.1, -0.05) is 25.6 Å². The summed E-state index contributed by atoms with van der Waals surface area (Å²) in [5, 5.41) is 1.92. The van der Waals surface area contributed by atoms with E-state index in [9.17, 15) is 13.2 Å². The normalized spacial score (nSPS) is 18.5. The number of carbonyl (C=O) groups excluding carboxylic acids is 1. The Balaban J connectivity index is 1.40. The molecule has 1 N–H and O–H groups in total. The molecule has 1 aromatic carbocycles. The summed E-state index contributed by atoms with van der Waals surface area (Å²) in [6, 6.07) is 8.77. The summed E-state index contributed by atoms with van der Waals surface area (Å²) in [7, 11) is -3.40. The smallest absolute Gasteiger partial charge is 0.192 e. The maximum atomic E-state index is 12.3. The van der Waals surface area contributed by atoms with Gasteiger partial charge in [-0.25, -0.2) is 13.4 Å². The average molecular weight is 572 g/mol. The van der Waals surface area contributed by atoms with E-state index < -0.39 is 9.84 Å². The molecule has 2 aromatic heterocycles. The SMILES string of the molecule is CC(C)CC(=O)CC1CN=C(c2cc3cc(Oc4ccc(S(C)(=O)=O)nc4)cc(OC4CCOCC4)c3[nH]2)S1. The number of nitrogens with one attached hydrogen (secondary N) is 1. The van der Waals surface area contributed by atoms with Crippen molar-refractivity contribution in [3.63, 3.8) is 0 Å². The summed E-state index contributed by atoms with van der Waals surface area (Å²) in [5.41, 5.74) is 1.72. The van der Waals surface area contributed by atoms with Crippen LogP contribution >= 0.6 is 11.8 Å². The van der Waals surface area contributed by atoms with Gasteiger partial charge < -0.3 is 19.2 Å². The third-order valence-electron chi connectivity index (χ3n) is 6.49. The molecule has 1 saturated heterocycles. The Labute approximate surface area is 232 Å². The number of aromatic nitrogens is 2.